The molecule has 0 amide bonds. The van der Waals surface area contributed by atoms with Crippen molar-refractivity contribution in [3.05, 3.63) is 45.4 Å². The van der Waals surface area contributed by atoms with Gasteiger partial charge in [-0.15, -0.1) is 11.3 Å². The summed E-state index contributed by atoms with van der Waals surface area (Å²) in [5.41, 5.74) is 2.56. The highest BCUT2D eigenvalue weighted by molar-refractivity contribution is 7.11. The largest absolute Gasteiger partial charge is 0.497 e. The second-order valence-electron chi connectivity index (χ2n) is 5.18. The number of methoxy groups -OCH3 is 1. The second-order valence-corrected chi connectivity index (χ2v) is 6.30. The summed E-state index contributed by atoms with van der Waals surface area (Å²) in [4.78, 5) is 6.28. The number of fused-ring (bicyclic) bond motifs is 1. The Hall–Kier alpha value is -1.39. The number of aromatic nitrogens is 1. The van der Waals surface area contributed by atoms with Gasteiger partial charge in [-0.1, -0.05) is 12.1 Å². The fraction of sp³-hybridized carbons (Fsp3) is 0.438. The van der Waals surface area contributed by atoms with Gasteiger partial charge >= 0.3 is 0 Å². The summed E-state index contributed by atoms with van der Waals surface area (Å²) >= 11 is 1.86. The van der Waals surface area contributed by atoms with E-state index in [4.69, 9.17) is 9.72 Å². The van der Waals surface area contributed by atoms with Crippen molar-refractivity contribution in [2.45, 2.75) is 31.7 Å². The number of hydrogen-bond donors (Lipinski definition) is 1. The normalized spacial score (nSPS) is 17.8. The maximum Gasteiger partial charge on any atom is 0.119 e. The van der Waals surface area contributed by atoms with Gasteiger partial charge in [-0.2, -0.15) is 0 Å². The molecule has 1 aromatic heterocycles. The highest BCUT2D eigenvalue weighted by atomic mass is 32.1. The number of aryl methyl sites for hydroxylation is 1. The van der Waals surface area contributed by atoms with Gasteiger partial charge in [0.05, 0.1) is 17.8 Å². The molecule has 3 rings (SSSR count). The van der Waals surface area contributed by atoms with E-state index in [9.17, 15) is 0 Å². The molecule has 106 valence electrons. The van der Waals surface area contributed by atoms with E-state index in [0.717, 1.165) is 18.6 Å². The minimum atomic E-state index is 0.496. The van der Waals surface area contributed by atoms with Crippen LogP contribution in [-0.2, 0) is 12.8 Å². The average Bonchev–Trinajstić information content (AvgIpc) is 2.89. The lowest BCUT2D eigenvalue weighted by Gasteiger charge is -2.20. The predicted octanol–water partition coefficient (Wildman–Crippen LogP) is 3.34. The summed E-state index contributed by atoms with van der Waals surface area (Å²) in [6.45, 7) is 0. The van der Waals surface area contributed by atoms with Crippen LogP contribution in [0.25, 0.3) is 0 Å². The van der Waals surface area contributed by atoms with Gasteiger partial charge in [0.25, 0.3) is 0 Å². The van der Waals surface area contributed by atoms with Crippen LogP contribution in [0.15, 0.2) is 24.3 Å². The van der Waals surface area contributed by atoms with Gasteiger partial charge in [-0.25, -0.2) is 4.98 Å². The molecular formula is C16H20N2OS. The minimum absolute atomic E-state index is 0.496. The molecule has 4 heteroatoms. The van der Waals surface area contributed by atoms with Gasteiger partial charge < -0.3 is 10.1 Å². The average molecular weight is 288 g/mol. The summed E-state index contributed by atoms with van der Waals surface area (Å²) in [5.74, 6) is 0.914. The van der Waals surface area contributed by atoms with Crippen LogP contribution in [0.4, 0.5) is 0 Å². The van der Waals surface area contributed by atoms with Crippen molar-refractivity contribution in [1.29, 1.82) is 0 Å². The van der Waals surface area contributed by atoms with E-state index in [0.29, 0.717) is 6.04 Å². The molecule has 1 aliphatic rings. The van der Waals surface area contributed by atoms with Crippen molar-refractivity contribution in [2.75, 3.05) is 14.2 Å². The highest BCUT2D eigenvalue weighted by Gasteiger charge is 2.23. The van der Waals surface area contributed by atoms with Crippen LogP contribution in [0.5, 0.6) is 5.75 Å². The zero-order valence-corrected chi connectivity index (χ0v) is 12.8. The van der Waals surface area contributed by atoms with E-state index >= 15 is 0 Å². The fourth-order valence-corrected chi connectivity index (χ4v) is 4.07. The summed E-state index contributed by atoms with van der Waals surface area (Å²) in [6.07, 6.45) is 4.48. The Labute approximate surface area is 124 Å². The summed E-state index contributed by atoms with van der Waals surface area (Å²) in [5, 5.41) is 4.62. The maximum absolute atomic E-state index is 5.28. The Bertz CT molecular complexity index is 594. The smallest absolute Gasteiger partial charge is 0.119 e. The highest BCUT2D eigenvalue weighted by Crippen LogP contribution is 2.34. The van der Waals surface area contributed by atoms with E-state index in [-0.39, 0.29) is 0 Å². The molecule has 3 nitrogen and oxygen atoms in total. The van der Waals surface area contributed by atoms with Gasteiger partial charge in [-0.3, -0.25) is 0 Å². The summed E-state index contributed by atoms with van der Waals surface area (Å²) < 4.78 is 5.28. The first kappa shape index (κ1) is 13.6. The Morgan fingerprint density at radius 2 is 2.35 bits per heavy atom. The molecule has 1 atom stereocenters. The van der Waals surface area contributed by atoms with Crippen LogP contribution >= 0.6 is 11.3 Å². The molecule has 20 heavy (non-hydrogen) atoms. The molecule has 1 heterocycles. The molecule has 0 saturated heterocycles. The third-order valence-electron chi connectivity index (χ3n) is 3.83. The molecule has 1 N–H and O–H groups in total. The van der Waals surface area contributed by atoms with E-state index in [2.05, 4.69) is 17.4 Å². The summed E-state index contributed by atoms with van der Waals surface area (Å²) in [6, 6.07) is 8.75. The van der Waals surface area contributed by atoms with Crippen molar-refractivity contribution in [1.82, 2.24) is 10.3 Å². The lowest BCUT2D eigenvalue weighted by molar-refractivity contribution is 0.414. The van der Waals surface area contributed by atoms with Gasteiger partial charge in [0.15, 0.2) is 0 Å². The zero-order valence-electron chi connectivity index (χ0n) is 12.0. The molecule has 1 aliphatic carbocycles. The topological polar surface area (TPSA) is 34.2 Å². The van der Waals surface area contributed by atoms with E-state index in [1.54, 1.807) is 7.11 Å². The van der Waals surface area contributed by atoms with Gasteiger partial charge in [0.1, 0.15) is 5.75 Å². The molecule has 1 aromatic carbocycles. The number of thiazole rings is 1. The van der Waals surface area contributed by atoms with Crippen molar-refractivity contribution >= 4 is 11.3 Å². The van der Waals surface area contributed by atoms with Crippen molar-refractivity contribution in [3.63, 3.8) is 0 Å². The lowest BCUT2D eigenvalue weighted by Crippen LogP contribution is -2.19. The fourth-order valence-electron chi connectivity index (χ4n) is 2.78. The van der Waals surface area contributed by atoms with Crippen molar-refractivity contribution in [2.24, 2.45) is 0 Å². The maximum atomic E-state index is 5.28. The molecule has 0 spiro atoms. The van der Waals surface area contributed by atoms with E-state index < -0.39 is 0 Å². The van der Waals surface area contributed by atoms with Crippen LogP contribution in [0.2, 0.25) is 0 Å². The van der Waals surface area contributed by atoms with Gasteiger partial charge in [0, 0.05) is 17.3 Å². The number of nitrogens with one attached hydrogen (secondary N) is 1. The minimum Gasteiger partial charge on any atom is -0.497 e. The third-order valence-corrected chi connectivity index (χ3v) is 5.04. The molecule has 1 unspecified atom stereocenters. The molecule has 2 aromatic rings. The Morgan fingerprint density at radius 1 is 1.45 bits per heavy atom. The van der Waals surface area contributed by atoms with Crippen molar-refractivity contribution in [3.8, 4) is 5.75 Å². The van der Waals surface area contributed by atoms with Crippen molar-refractivity contribution < 1.29 is 4.74 Å². The third kappa shape index (κ3) is 2.72. The number of ether oxygens (including phenoxy) is 1. The van der Waals surface area contributed by atoms with Crippen LogP contribution in [0, 0.1) is 0 Å². The second kappa shape index (κ2) is 5.94. The standard InChI is InChI=1S/C16H20N2OS/c1-17-13-7-4-8-14-16(13)20-15(18-14)10-11-5-3-6-12(9-11)19-2/h3,5-6,9,13,17H,4,7-8,10H2,1-2H3. The number of nitrogens with zero attached hydrogens (tertiary/aromatic N) is 1. The predicted molar refractivity (Wildman–Crippen MR) is 82.7 cm³/mol. The Kier molecular flexibility index (Phi) is 4.03. The molecule has 0 aliphatic heterocycles. The summed E-state index contributed by atoms with van der Waals surface area (Å²) in [7, 11) is 3.75. The van der Waals surface area contributed by atoms with Crippen LogP contribution in [0.3, 0.4) is 0 Å². The van der Waals surface area contributed by atoms with Gasteiger partial charge in [-0.05, 0) is 44.0 Å². The zero-order chi connectivity index (χ0) is 13.9. The Morgan fingerprint density at radius 3 is 3.15 bits per heavy atom. The number of rotatable bonds is 4. The van der Waals surface area contributed by atoms with E-state index in [1.165, 1.54) is 34.0 Å². The number of benzene rings is 1. The van der Waals surface area contributed by atoms with Crippen LogP contribution in [-0.4, -0.2) is 19.1 Å². The first-order chi connectivity index (χ1) is 9.80. The SMILES string of the molecule is CNC1CCCc2nc(Cc3cccc(OC)c3)sc21. The molecule has 0 saturated carbocycles. The lowest BCUT2D eigenvalue weighted by atomic mass is 9.98. The molecule has 0 fully saturated rings. The first-order valence-electron chi connectivity index (χ1n) is 7.09. The molecule has 0 radical (unpaired) electrons. The first-order valence-corrected chi connectivity index (χ1v) is 7.90. The Balaban J connectivity index is 1.83. The molecular weight excluding hydrogens is 268 g/mol. The number of hydrogen-bond acceptors (Lipinski definition) is 4. The molecule has 0 bridgehead atoms. The monoisotopic (exact) mass is 288 g/mol. The quantitative estimate of drug-likeness (QED) is 0.937. The van der Waals surface area contributed by atoms with Gasteiger partial charge in [0.2, 0.25) is 0 Å². The van der Waals surface area contributed by atoms with Crippen LogP contribution in [0.1, 0.15) is 40.0 Å². The van der Waals surface area contributed by atoms with E-state index in [1.807, 2.05) is 30.5 Å². The van der Waals surface area contributed by atoms with Crippen LogP contribution < -0.4 is 10.1 Å².